The van der Waals surface area contributed by atoms with Crippen LogP contribution in [0.15, 0.2) is 18.2 Å². The maximum atomic E-state index is 13.1. The molecule has 4 heteroatoms. The third-order valence-corrected chi connectivity index (χ3v) is 1.52. The van der Waals surface area contributed by atoms with E-state index in [1.165, 1.54) is 12.1 Å². The van der Waals surface area contributed by atoms with Gasteiger partial charge >= 0.3 is 5.97 Å². The van der Waals surface area contributed by atoms with Gasteiger partial charge in [-0.05, 0) is 18.2 Å². The zero-order chi connectivity index (χ0) is 10.6. The highest BCUT2D eigenvalue weighted by atomic mass is 19.1. The van der Waals surface area contributed by atoms with Crippen molar-refractivity contribution in [2.75, 3.05) is 6.61 Å². The van der Waals surface area contributed by atoms with E-state index in [0.29, 0.717) is 0 Å². The Hall–Kier alpha value is -1.86. The Morgan fingerprint density at radius 1 is 1.50 bits per heavy atom. The minimum Gasteiger partial charge on any atom is -0.478 e. The number of halogens is 1. The molecule has 0 saturated carbocycles. The van der Waals surface area contributed by atoms with Crippen LogP contribution in [0.1, 0.15) is 15.9 Å². The molecule has 14 heavy (non-hydrogen) atoms. The summed E-state index contributed by atoms with van der Waals surface area (Å²) in [6.07, 6.45) is 0. The van der Waals surface area contributed by atoms with Gasteiger partial charge in [-0.2, -0.15) is 0 Å². The second-order valence-electron chi connectivity index (χ2n) is 2.46. The van der Waals surface area contributed by atoms with E-state index in [2.05, 4.69) is 11.8 Å². The summed E-state index contributed by atoms with van der Waals surface area (Å²) in [4.78, 5) is 10.4. The molecular formula is C10H7FO3. The summed E-state index contributed by atoms with van der Waals surface area (Å²) in [5, 5.41) is 16.9. The van der Waals surface area contributed by atoms with Gasteiger partial charge in [-0.3, -0.25) is 0 Å². The van der Waals surface area contributed by atoms with Gasteiger partial charge in [0.1, 0.15) is 12.4 Å². The molecule has 72 valence electrons. The Labute approximate surface area is 79.8 Å². The van der Waals surface area contributed by atoms with Crippen molar-refractivity contribution < 1.29 is 19.4 Å². The van der Waals surface area contributed by atoms with Gasteiger partial charge in [-0.1, -0.05) is 11.8 Å². The average molecular weight is 194 g/mol. The molecule has 0 bridgehead atoms. The Morgan fingerprint density at radius 3 is 2.71 bits per heavy atom. The number of aromatic carboxylic acids is 1. The number of hydrogen-bond acceptors (Lipinski definition) is 2. The van der Waals surface area contributed by atoms with Crippen LogP contribution in [0.2, 0.25) is 0 Å². The van der Waals surface area contributed by atoms with Crippen LogP contribution in [0, 0.1) is 17.7 Å². The zero-order valence-electron chi connectivity index (χ0n) is 7.12. The van der Waals surface area contributed by atoms with Gasteiger partial charge < -0.3 is 10.2 Å². The smallest absolute Gasteiger partial charge is 0.335 e. The fourth-order valence-corrected chi connectivity index (χ4v) is 0.884. The van der Waals surface area contributed by atoms with Crippen LogP contribution in [-0.4, -0.2) is 22.8 Å². The summed E-state index contributed by atoms with van der Waals surface area (Å²) in [5.41, 5.74) is -0.0545. The van der Waals surface area contributed by atoms with Crippen LogP contribution in [-0.2, 0) is 0 Å². The van der Waals surface area contributed by atoms with Gasteiger partial charge in [0.05, 0.1) is 11.1 Å². The quantitative estimate of drug-likeness (QED) is 0.652. The minimum atomic E-state index is -1.19. The largest absolute Gasteiger partial charge is 0.478 e. The van der Waals surface area contributed by atoms with E-state index in [4.69, 9.17) is 10.2 Å². The van der Waals surface area contributed by atoms with E-state index >= 15 is 0 Å². The first kappa shape index (κ1) is 10.2. The summed E-state index contributed by atoms with van der Waals surface area (Å²) in [5.74, 6) is 2.74. The Bertz CT molecular complexity index is 415. The predicted molar refractivity (Wildman–Crippen MR) is 47.3 cm³/mol. The molecule has 0 aliphatic carbocycles. The molecule has 0 unspecified atom stereocenters. The van der Waals surface area contributed by atoms with E-state index in [1.807, 2.05) is 0 Å². The van der Waals surface area contributed by atoms with Crippen LogP contribution in [0.4, 0.5) is 4.39 Å². The van der Waals surface area contributed by atoms with Crippen molar-refractivity contribution in [1.29, 1.82) is 0 Å². The van der Waals surface area contributed by atoms with E-state index < -0.39 is 11.8 Å². The van der Waals surface area contributed by atoms with Gasteiger partial charge in [0, 0.05) is 0 Å². The van der Waals surface area contributed by atoms with E-state index in [0.717, 1.165) is 6.07 Å². The molecule has 0 aliphatic heterocycles. The number of carboxylic acids is 1. The summed E-state index contributed by atoms with van der Waals surface area (Å²) >= 11 is 0. The maximum Gasteiger partial charge on any atom is 0.335 e. The molecule has 0 saturated heterocycles. The molecule has 3 nitrogen and oxygen atoms in total. The lowest BCUT2D eigenvalue weighted by atomic mass is 10.1. The predicted octanol–water partition coefficient (Wildman–Crippen LogP) is 0.868. The number of carbonyl (C=O) groups is 1. The fourth-order valence-electron chi connectivity index (χ4n) is 0.884. The van der Waals surface area contributed by atoms with Gasteiger partial charge in [0.2, 0.25) is 0 Å². The van der Waals surface area contributed by atoms with Crippen molar-refractivity contribution in [3.63, 3.8) is 0 Å². The molecule has 1 rings (SSSR count). The van der Waals surface area contributed by atoms with Crippen molar-refractivity contribution >= 4 is 5.97 Å². The molecule has 0 aliphatic rings. The summed E-state index contributed by atoms with van der Waals surface area (Å²) in [6, 6.07) is 3.41. The molecule has 0 fully saturated rings. The van der Waals surface area contributed by atoms with E-state index in [9.17, 15) is 9.18 Å². The van der Waals surface area contributed by atoms with Crippen molar-refractivity contribution in [2.45, 2.75) is 0 Å². The first-order chi connectivity index (χ1) is 6.65. The SMILES string of the molecule is O=C(O)c1ccc(C#CCO)c(F)c1. The number of benzene rings is 1. The lowest BCUT2D eigenvalue weighted by Crippen LogP contribution is -1.97. The topological polar surface area (TPSA) is 57.5 Å². The van der Waals surface area contributed by atoms with E-state index in [1.54, 1.807) is 0 Å². The summed E-state index contributed by atoms with van der Waals surface area (Å²) in [7, 11) is 0. The Kier molecular flexibility index (Phi) is 3.21. The highest BCUT2D eigenvalue weighted by Gasteiger charge is 2.06. The van der Waals surface area contributed by atoms with Crippen LogP contribution in [0.25, 0.3) is 0 Å². The van der Waals surface area contributed by atoms with Crippen molar-refractivity contribution in [1.82, 2.24) is 0 Å². The van der Waals surface area contributed by atoms with Crippen LogP contribution >= 0.6 is 0 Å². The van der Waals surface area contributed by atoms with Crippen molar-refractivity contribution in [2.24, 2.45) is 0 Å². The number of rotatable bonds is 1. The van der Waals surface area contributed by atoms with Crippen LogP contribution in [0.5, 0.6) is 0 Å². The van der Waals surface area contributed by atoms with Crippen molar-refractivity contribution in [3.8, 4) is 11.8 Å². The normalized spacial score (nSPS) is 9.00. The molecule has 0 aromatic heterocycles. The molecule has 0 spiro atoms. The van der Waals surface area contributed by atoms with E-state index in [-0.39, 0.29) is 17.7 Å². The zero-order valence-corrected chi connectivity index (χ0v) is 7.12. The summed E-state index contributed by atoms with van der Waals surface area (Å²) in [6.45, 7) is -0.361. The highest BCUT2D eigenvalue weighted by Crippen LogP contribution is 2.09. The first-order valence-corrected chi connectivity index (χ1v) is 3.77. The third kappa shape index (κ3) is 2.31. The van der Waals surface area contributed by atoms with Crippen LogP contribution in [0.3, 0.4) is 0 Å². The average Bonchev–Trinajstić information content (AvgIpc) is 2.15. The molecule has 0 radical (unpaired) electrons. The maximum absolute atomic E-state index is 13.1. The van der Waals surface area contributed by atoms with Gasteiger partial charge in [-0.25, -0.2) is 9.18 Å². The molecule has 0 amide bonds. The first-order valence-electron chi connectivity index (χ1n) is 3.77. The van der Waals surface area contributed by atoms with Crippen molar-refractivity contribution in [3.05, 3.63) is 35.1 Å². The third-order valence-electron chi connectivity index (χ3n) is 1.52. The molecule has 1 aromatic rings. The minimum absolute atomic E-state index is 0.0732. The number of aliphatic hydroxyl groups excluding tert-OH is 1. The molecule has 2 N–H and O–H groups in total. The second kappa shape index (κ2) is 4.40. The molecule has 1 aromatic carbocycles. The van der Waals surface area contributed by atoms with Gasteiger partial charge in [0.15, 0.2) is 0 Å². The standard InChI is InChI=1S/C10H7FO3/c11-9-6-8(10(13)14)4-3-7(9)2-1-5-12/h3-4,6,12H,5H2,(H,13,14). The number of aliphatic hydroxyl groups is 1. The number of carboxylic acid groups (broad SMARTS) is 1. The molecular weight excluding hydrogens is 187 g/mol. The second-order valence-corrected chi connectivity index (χ2v) is 2.46. The van der Waals surface area contributed by atoms with Gasteiger partial charge in [-0.15, -0.1) is 0 Å². The van der Waals surface area contributed by atoms with Crippen LogP contribution < -0.4 is 0 Å². The monoisotopic (exact) mass is 194 g/mol. The lowest BCUT2D eigenvalue weighted by molar-refractivity contribution is 0.0696. The molecule has 0 atom stereocenters. The van der Waals surface area contributed by atoms with Gasteiger partial charge in [0.25, 0.3) is 0 Å². The Balaban J connectivity index is 3.07. The lowest BCUT2D eigenvalue weighted by Gasteiger charge is -1.96. The molecule has 0 heterocycles. The Morgan fingerprint density at radius 2 is 2.21 bits per heavy atom. The summed E-state index contributed by atoms with van der Waals surface area (Å²) < 4.78 is 13.1. The highest BCUT2D eigenvalue weighted by molar-refractivity contribution is 5.87. The fraction of sp³-hybridized carbons (Fsp3) is 0.100. The number of hydrogen-bond donors (Lipinski definition) is 2.